The standard InChI is InChI=1S/C25H29FN2O3S.ClH/c1-5-6-15-31-25-20(17-28(2)3)16-23(18-9-13-22(14-10-18)32(4,29)30)24(27-25)19-7-11-21(26)12-8-19;/h7-14,16H,5-6,15,17H2,1-4H3;1H. The third-order valence-corrected chi connectivity index (χ3v) is 6.12. The van der Waals surface area contributed by atoms with Crippen molar-refractivity contribution in [2.75, 3.05) is 27.0 Å². The number of sulfone groups is 1. The molecule has 0 bridgehead atoms. The maximum atomic E-state index is 13.6. The van der Waals surface area contributed by atoms with Gasteiger partial charge >= 0.3 is 0 Å². The average molecular weight is 493 g/mol. The van der Waals surface area contributed by atoms with Crippen LogP contribution in [0.2, 0.25) is 0 Å². The van der Waals surface area contributed by atoms with E-state index in [1.807, 2.05) is 25.1 Å². The summed E-state index contributed by atoms with van der Waals surface area (Å²) >= 11 is 0. The summed E-state index contributed by atoms with van der Waals surface area (Å²) in [5.74, 6) is 0.236. The van der Waals surface area contributed by atoms with Gasteiger partial charge in [-0.3, -0.25) is 0 Å². The van der Waals surface area contributed by atoms with Gasteiger partial charge in [-0.1, -0.05) is 25.5 Å². The first kappa shape index (κ1) is 26.8. The van der Waals surface area contributed by atoms with Crippen molar-refractivity contribution in [1.29, 1.82) is 0 Å². The van der Waals surface area contributed by atoms with E-state index in [-0.39, 0.29) is 23.1 Å². The van der Waals surface area contributed by atoms with Crippen molar-refractivity contribution in [2.24, 2.45) is 0 Å². The van der Waals surface area contributed by atoms with E-state index in [2.05, 4.69) is 6.92 Å². The molecule has 0 spiro atoms. The largest absolute Gasteiger partial charge is 0.477 e. The van der Waals surface area contributed by atoms with Gasteiger partial charge in [0.2, 0.25) is 5.88 Å². The third kappa shape index (κ3) is 7.00. The minimum atomic E-state index is -3.30. The molecule has 1 aromatic heterocycles. The van der Waals surface area contributed by atoms with E-state index in [1.165, 1.54) is 18.4 Å². The van der Waals surface area contributed by atoms with Crippen LogP contribution in [0.5, 0.6) is 5.88 Å². The van der Waals surface area contributed by atoms with Crippen molar-refractivity contribution in [1.82, 2.24) is 9.88 Å². The highest BCUT2D eigenvalue weighted by molar-refractivity contribution is 7.90. The molecule has 3 rings (SSSR count). The van der Waals surface area contributed by atoms with E-state index in [4.69, 9.17) is 9.72 Å². The van der Waals surface area contributed by atoms with E-state index < -0.39 is 9.84 Å². The van der Waals surface area contributed by atoms with Gasteiger partial charge in [-0.15, -0.1) is 12.4 Å². The summed E-state index contributed by atoms with van der Waals surface area (Å²) in [5, 5.41) is 0. The van der Waals surface area contributed by atoms with Crippen LogP contribution in [-0.4, -0.2) is 45.3 Å². The van der Waals surface area contributed by atoms with Crippen LogP contribution in [0.4, 0.5) is 4.39 Å². The zero-order valence-corrected chi connectivity index (χ0v) is 21.0. The lowest BCUT2D eigenvalue weighted by atomic mass is 9.97. The highest BCUT2D eigenvalue weighted by Crippen LogP contribution is 2.35. The Morgan fingerprint density at radius 1 is 1.00 bits per heavy atom. The lowest BCUT2D eigenvalue weighted by Crippen LogP contribution is -2.13. The second kappa shape index (κ2) is 11.6. The Kier molecular flexibility index (Phi) is 9.40. The molecule has 0 unspecified atom stereocenters. The molecule has 0 saturated heterocycles. The van der Waals surface area contributed by atoms with Crippen molar-refractivity contribution in [2.45, 2.75) is 31.2 Å². The predicted octanol–water partition coefficient (Wildman–Crippen LogP) is 5.62. The second-order valence-corrected chi connectivity index (χ2v) is 10.1. The number of unbranched alkanes of at least 4 members (excludes halogenated alkanes) is 1. The van der Waals surface area contributed by atoms with E-state index in [0.29, 0.717) is 24.7 Å². The molecular formula is C25H30ClFN2O3S. The molecule has 2 aromatic carbocycles. The number of rotatable bonds is 9. The first-order chi connectivity index (χ1) is 15.2. The lowest BCUT2D eigenvalue weighted by Gasteiger charge is -2.19. The fraction of sp³-hybridized carbons (Fsp3) is 0.320. The highest BCUT2D eigenvalue weighted by atomic mass is 35.5. The number of hydrogen-bond donors (Lipinski definition) is 0. The number of pyridine rings is 1. The summed E-state index contributed by atoms with van der Waals surface area (Å²) in [7, 11) is 0.657. The third-order valence-electron chi connectivity index (χ3n) is 5.00. The van der Waals surface area contributed by atoms with Gasteiger partial charge in [0.15, 0.2) is 9.84 Å². The summed E-state index contributed by atoms with van der Waals surface area (Å²) in [6.45, 7) is 3.30. The molecule has 1 heterocycles. The van der Waals surface area contributed by atoms with Crippen LogP contribution in [0.25, 0.3) is 22.4 Å². The molecule has 0 fully saturated rings. The van der Waals surface area contributed by atoms with Gasteiger partial charge in [0.25, 0.3) is 0 Å². The zero-order chi connectivity index (χ0) is 23.3. The van der Waals surface area contributed by atoms with E-state index in [9.17, 15) is 12.8 Å². The van der Waals surface area contributed by atoms with Crippen LogP contribution < -0.4 is 4.74 Å². The van der Waals surface area contributed by atoms with Gasteiger partial charge in [0, 0.05) is 29.5 Å². The molecule has 3 aromatic rings. The molecule has 0 atom stereocenters. The van der Waals surface area contributed by atoms with Gasteiger partial charge in [-0.25, -0.2) is 17.8 Å². The second-order valence-electron chi connectivity index (χ2n) is 8.09. The van der Waals surface area contributed by atoms with Gasteiger partial charge in [-0.05, 0) is 68.5 Å². The smallest absolute Gasteiger partial charge is 0.218 e. The SMILES string of the molecule is CCCCOc1nc(-c2ccc(F)cc2)c(-c2ccc(S(C)(=O)=O)cc2)cc1CN(C)C.Cl. The molecule has 0 radical (unpaired) electrons. The van der Waals surface area contributed by atoms with Crippen LogP contribution >= 0.6 is 12.4 Å². The predicted molar refractivity (Wildman–Crippen MR) is 133 cm³/mol. The average Bonchev–Trinajstić information content (AvgIpc) is 2.74. The highest BCUT2D eigenvalue weighted by Gasteiger charge is 2.17. The fourth-order valence-electron chi connectivity index (χ4n) is 3.36. The van der Waals surface area contributed by atoms with Crippen LogP contribution in [0.15, 0.2) is 59.5 Å². The van der Waals surface area contributed by atoms with Crippen molar-refractivity contribution in [3.05, 3.63) is 66.0 Å². The van der Waals surface area contributed by atoms with Crippen LogP contribution in [-0.2, 0) is 16.4 Å². The summed E-state index contributed by atoms with van der Waals surface area (Å²) in [6, 6.07) is 14.9. The lowest BCUT2D eigenvalue weighted by molar-refractivity contribution is 0.288. The van der Waals surface area contributed by atoms with Gasteiger partial charge in [0.05, 0.1) is 17.2 Å². The van der Waals surface area contributed by atoms with Crippen molar-refractivity contribution >= 4 is 22.2 Å². The van der Waals surface area contributed by atoms with Crippen molar-refractivity contribution < 1.29 is 17.5 Å². The van der Waals surface area contributed by atoms with Crippen LogP contribution in [0.3, 0.4) is 0 Å². The Morgan fingerprint density at radius 3 is 2.15 bits per heavy atom. The number of ether oxygens (including phenoxy) is 1. The minimum absolute atomic E-state index is 0. The quantitative estimate of drug-likeness (QED) is 0.363. The van der Waals surface area contributed by atoms with Crippen molar-refractivity contribution in [3.63, 3.8) is 0 Å². The van der Waals surface area contributed by atoms with E-state index in [0.717, 1.165) is 35.1 Å². The molecular weight excluding hydrogens is 463 g/mol. The molecule has 0 amide bonds. The molecule has 8 heteroatoms. The summed E-state index contributed by atoms with van der Waals surface area (Å²) < 4.78 is 43.3. The maximum absolute atomic E-state index is 13.6. The number of halogens is 2. The first-order valence-corrected chi connectivity index (χ1v) is 12.5. The Balaban J connectivity index is 0.00000385. The van der Waals surface area contributed by atoms with Crippen LogP contribution in [0.1, 0.15) is 25.3 Å². The monoisotopic (exact) mass is 492 g/mol. The Labute approximate surface area is 202 Å². The number of aromatic nitrogens is 1. The van der Waals surface area contributed by atoms with Gasteiger partial charge < -0.3 is 9.64 Å². The molecule has 0 saturated carbocycles. The van der Waals surface area contributed by atoms with Crippen LogP contribution in [0, 0.1) is 5.82 Å². The molecule has 33 heavy (non-hydrogen) atoms. The summed E-state index contributed by atoms with van der Waals surface area (Å²) in [6.07, 6.45) is 3.12. The minimum Gasteiger partial charge on any atom is -0.477 e. The summed E-state index contributed by atoms with van der Waals surface area (Å²) in [5.41, 5.74) is 4.00. The topological polar surface area (TPSA) is 59.5 Å². The molecule has 178 valence electrons. The van der Waals surface area contributed by atoms with E-state index in [1.54, 1.807) is 36.4 Å². The molecule has 0 aliphatic rings. The summed E-state index contributed by atoms with van der Waals surface area (Å²) in [4.78, 5) is 7.15. The molecule has 0 N–H and O–H groups in total. The molecule has 5 nitrogen and oxygen atoms in total. The van der Waals surface area contributed by atoms with E-state index >= 15 is 0 Å². The Bertz CT molecular complexity index is 1170. The first-order valence-electron chi connectivity index (χ1n) is 10.6. The normalized spacial score (nSPS) is 11.3. The maximum Gasteiger partial charge on any atom is 0.218 e. The van der Waals surface area contributed by atoms with Gasteiger partial charge in [0.1, 0.15) is 5.82 Å². The number of benzene rings is 2. The molecule has 0 aliphatic carbocycles. The zero-order valence-electron chi connectivity index (χ0n) is 19.3. The molecule has 0 aliphatic heterocycles. The fourth-order valence-corrected chi connectivity index (χ4v) is 3.99. The van der Waals surface area contributed by atoms with Crippen molar-refractivity contribution in [3.8, 4) is 28.3 Å². The number of nitrogens with zero attached hydrogens (tertiary/aromatic N) is 2. The Hall–Kier alpha value is -2.48. The Morgan fingerprint density at radius 2 is 1.61 bits per heavy atom. The van der Waals surface area contributed by atoms with Gasteiger partial charge in [-0.2, -0.15) is 0 Å². The number of hydrogen-bond acceptors (Lipinski definition) is 5.